The number of hydrogen-bond donors (Lipinski definition) is 3. The van der Waals surface area contributed by atoms with Crippen molar-refractivity contribution in [1.82, 2.24) is 20.2 Å². The van der Waals surface area contributed by atoms with Crippen LogP contribution in [-0.4, -0.2) is 57.3 Å². The molecule has 3 heterocycles. The first-order chi connectivity index (χ1) is 10.1. The van der Waals surface area contributed by atoms with Crippen LogP contribution in [0.15, 0.2) is 6.33 Å². The van der Waals surface area contributed by atoms with E-state index in [0.29, 0.717) is 12.2 Å². The van der Waals surface area contributed by atoms with Crippen LogP contribution in [0.4, 0.5) is 4.79 Å². The van der Waals surface area contributed by atoms with Crippen LogP contribution in [0.5, 0.6) is 0 Å². The third kappa shape index (κ3) is 2.85. The minimum absolute atomic E-state index is 0.0322. The minimum Gasteiger partial charge on any atom is -0.480 e. The van der Waals surface area contributed by atoms with E-state index >= 15 is 0 Å². The van der Waals surface area contributed by atoms with Gasteiger partial charge in [0.1, 0.15) is 6.04 Å². The Bertz CT molecular complexity index is 538. The van der Waals surface area contributed by atoms with Crippen LogP contribution in [0, 0.1) is 0 Å². The average molecular weight is 294 g/mol. The van der Waals surface area contributed by atoms with E-state index in [1.54, 1.807) is 0 Å². The predicted octanol–water partition coefficient (Wildman–Crippen LogP) is 0.110. The minimum atomic E-state index is -1.02. The summed E-state index contributed by atoms with van der Waals surface area (Å²) < 4.78 is 5.44. The molecule has 1 fully saturated rings. The van der Waals surface area contributed by atoms with E-state index in [1.807, 2.05) is 0 Å². The number of ether oxygens (including phenoxy) is 1. The third-order valence-corrected chi connectivity index (χ3v) is 3.95. The van der Waals surface area contributed by atoms with Crippen molar-refractivity contribution in [3.63, 3.8) is 0 Å². The number of carboxylic acids is 1. The van der Waals surface area contributed by atoms with Gasteiger partial charge in [0.05, 0.1) is 30.4 Å². The smallest absolute Gasteiger partial charge is 0.326 e. The monoisotopic (exact) mass is 294 g/mol. The second-order valence-corrected chi connectivity index (χ2v) is 5.33. The number of nitrogens with one attached hydrogen (secondary N) is 2. The van der Waals surface area contributed by atoms with E-state index in [2.05, 4.69) is 15.3 Å². The number of aliphatic carboxylic acids is 1. The first kappa shape index (κ1) is 13.9. The normalized spacial score (nSPS) is 24.7. The molecule has 2 aliphatic rings. The van der Waals surface area contributed by atoms with E-state index in [1.165, 1.54) is 11.2 Å². The van der Waals surface area contributed by atoms with Gasteiger partial charge in [-0.3, -0.25) is 0 Å². The summed E-state index contributed by atoms with van der Waals surface area (Å²) in [6.07, 6.45) is 3.70. The Labute approximate surface area is 121 Å². The van der Waals surface area contributed by atoms with Gasteiger partial charge in [0.25, 0.3) is 0 Å². The Balaban J connectivity index is 1.66. The molecule has 21 heavy (non-hydrogen) atoms. The summed E-state index contributed by atoms with van der Waals surface area (Å²) in [6.45, 7) is 1.36. The summed E-state index contributed by atoms with van der Waals surface area (Å²) in [7, 11) is 0. The van der Waals surface area contributed by atoms with Crippen LogP contribution in [0.1, 0.15) is 24.2 Å². The van der Waals surface area contributed by atoms with Crippen molar-refractivity contribution in [3.8, 4) is 0 Å². The number of aromatic nitrogens is 2. The largest absolute Gasteiger partial charge is 0.480 e. The highest BCUT2D eigenvalue weighted by Crippen LogP contribution is 2.21. The molecule has 2 atom stereocenters. The van der Waals surface area contributed by atoms with E-state index in [-0.39, 0.29) is 25.1 Å². The van der Waals surface area contributed by atoms with Crippen LogP contribution in [0.3, 0.4) is 0 Å². The second kappa shape index (κ2) is 5.72. The maximum atomic E-state index is 12.3. The number of carboxylic acid groups (broad SMARTS) is 1. The Hall–Kier alpha value is -2.09. The van der Waals surface area contributed by atoms with Gasteiger partial charge in [-0.2, -0.15) is 0 Å². The summed E-state index contributed by atoms with van der Waals surface area (Å²) in [4.78, 5) is 32.0. The summed E-state index contributed by atoms with van der Waals surface area (Å²) in [6, 6.07) is -1.26. The number of urea groups is 1. The first-order valence-corrected chi connectivity index (χ1v) is 7.05. The molecule has 0 bridgehead atoms. The zero-order valence-corrected chi connectivity index (χ0v) is 11.5. The number of amides is 2. The van der Waals surface area contributed by atoms with Crippen molar-refractivity contribution in [3.05, 3.63) is 17.7 Å². The second-order valence-electron chi connectivity index (χ2n) is 5.33. The summed E-state index contributed by atoms with van der Waals surface area (Å²) in [5, 5.41) is 12.1. The first-order valence-electron chi connectivity index (χ1n) is 7.05. The number of aromatic amines is 1. The topological polar surface area (TPSA) is 108 Å². The molecule has 1 saturated heterocycles. The molecule has 0 aliphatic carbocycles. The van der Waals surface area contributed by atoms with Gasteiger partial charge in [-0.05, 0) is 12.8 Å². The number of nitrogens with zero attached hydrogens (tertiary/aromatic N) is 2. The number of carbonyl (C=O) groups is 2. The van der Waals surface area contributed by atoms with Crippen molar-refractivity contribution < 1.29 is 19.4 Å². The molecule has 0 radical (unpaired) electrons. The lowest BCUT2D eigenvalue weighted by Crippen LogP contribution is -2.53. The third-order valence-electron chi connectivity index (χ3n) is 3.95. The summed E-state index contributed by atoms with van der Waals surface area (Å²) in [5.41, 5.74) is 1.50. The molecular weight excluding hydrogens is 276 g/mol. The predicted molar refractivity (Wildman–Crippen MR) is 71.6 cm³/mol. The lowest BCUT2D eigenvalue weighted by Gasteiger charge is -2.32. The highest BCUT2D eigenvalue weighted by atomic mass is 16.5. The Kier molecular flexibility index (Phi) is 3.78. The maximum Gasteiger partial charge on any atom is 0.326 e. The van der Waals surface area contributed by atoms with Gasteiger partial charge in [-0.15, -0.1) is 0 Å². The molecule has 2 aliphatic heterocycles. The number of imidazole rings is 1. The molecule has 1 aromatic rings. The number of hydrogen-bond acceptors (Lipinski definition) is 4. The highest BCUT2D eigenvalue weighted by molar-refractivity contribution is 5.83. The van der Waals surface area contributed by atoms with Crippen molar-refractivity contribution in [2.24, 2.45) is 0 Å². The molecule has 114 valence electrons. The van der Waals surface area contributed by atoms with Crippen LogP contribution in [-0.2, 0) is 22.5 Å². The molecule has 3 N–H and O–H groups in total. The van der Waals surface area contributed by atoms with Gasteiger partial charge in [0, 0.05) is 19.6 Å². The Morgan fingerprint density at radius 1 is 1.57 bits per heavy atom. The van der Waals surface area contributed by atoms with Gasteiger partial charge in [0.2, 0.25) is 0 Å². The van der Waals surface area contributed by atoms with Crippen LogP contribution < -0.4 is 5.32 Å². The van der Waals surface area contributed by atoms with E-state index in [0.717, 1.165) is 25.1 Å². The molecule has 0 saturated carbocycles. The van der Waals surface area contributed by atoms with E-state index in [9.17, 15) is 14.7 Å². The summed E-state index contributed by atoms with van der Waals surface area (Å²) >= 11 is 0. The van der Waals surface area contributed by atoms with Crippen LogP contribution in [0.25, 0.3) is 0 Å². The number of H-pyrrole nitrogens is 1. The van der Waals surface area contributed by atoms with Gasteiger partial charge in [-0.1, -0.05) is 0 Å². The lowest BCUT2D eigenvalue weighted by molar-refractivity contribution is -0.142. The van der Waals surface area contributed by atoms with Crippen LogP contribution >= 0.6 is 0 Å². The Morgan fingerprint density at radius 2 is 2.43 bits per heavy atom. The van der Waals surface area contributed by atoms with Gasteiger partial charge in [0.15, 0.2) is 0 Å². The van der Waals surface area contributed by atoms with E-state index in [4.69, 9.17) is 4.74 Å². The fraction of sp³-hybridized carbons (Fsp3) is 0.615. The van der Waals surface area contributed by atoms with Crippen molar-refractivity contribution in [2.45, 2.75) is 38.0 Å². The zero-order valence-electron chi connectivity index (χ0n) is 11.5. The van der Waals surface area contributed by atoms with Gasteiger partial charge in [-0.25, -0.2) is 14.6 Å². The molecule has 1 aromatic heterocycles. The maximum absolute atomic E-state index is 12.3. The van der Waals surface area contributed by atoms with Gasteiger partial charge < -0.3 is 25.0 Å². The standard InChI is InChI=1S/C13H18N4O4/c18-12(19)11-4-9-10(16-7-15-9)6-17(11)13(20)14-5-8-2-1-3-21-8/h7-8,11H,1-6H2,(H,14,20)(H,15,16)(H,18,19). The molecular formula is C13H18N4O4. The van der Waals surface area contributed by atoms with Crippen molar-refractivity contribution >= 4 is 12.0 Å². The number of carbonyl (C=O) groups excluding carboxylic acids is 1. The number of rotatable bonds is 3. The lowest BCUT2D eigenvalue weighted by atomic mass is 10.0. The molecule has 3 rings (SSSR count). The van der Waals surface area contributed by atoms with Crippen molar-refractivity contribution in [1.29, 1.82) is 0 Å². The van der Waals surface area contributed by atoms with Gasteiger partial charge >= 0.3 is 12.0 Å². The highest BCUT2D eigenvalue weighted by Gasteiger charge is 2.36. The molecule has 0 spiro atoms. The van der Waals surface area contributed by atoms with Crippen LogP contribution in [0.2, 0.25) is 0 Å². The summed E-state index contributed by atoms with van der Waals surface area (Å²) in [5.74, 6) is -1.02. The fourth-order valence-electron chi connectivity index (χ4n) is 2.78. The SMILES string of the molecule is O=C(O)C1Cc2nc[nH]c2CN1C(=O)NCC1CCCO1. The molecule has 2 unspecified atom stereocenters. The van der Waals surface area contributed by atoms with E-state index < -0.39 is 12.0 Å². The number of fused-ring (bicyclic) bond motifs is 1. The zero-order chi connectivity index (χ0) is 14.8. The fourth-order valence-corrected chi connectivity index (χ4v) is 2.78. The molecule has 8 heteroatoms. The molecule has 0 aromatic carbocycles. The molecule has 2 amide bonds. The van der Waals surface area contributed by atoms with Crippen molar-refractivity contribution in [2.75, 3.05) is 13.2 Å². The quantitative estimate of drug-likeness (QED) is 0.733. The molecule has 8 nitrogen and oxygen atoms in total. The average Bonchev–Trinajstić information content (AvgIpc) is 3.13. The Morgan fingerprint density at radius 3 is 3.14 bits per heavy atom.